The predicted molar refractivity (Wildman–Crippen MR) is 78.4 cm³/mol. The molecule has 1 aromatic carbocycles. The van der Waals surface area contributed by atoms with E-state index >= 15 is 4.39 Å². The lowest BCUT2D eigenvalue weighted by atomic mass is 9.98. The summed E-state index contributed by atoms with van der Waals surface area (Å²) in [6.07, 6.45) is -17.5. The maximum absolute atomic E-state index is 15.2. The average molecular weight is 443 g/mol. The Bertz CT molecular complexity index is 854. The zero-order valence-electron chi connectivity index (χ0n) is 14.3. The Kier molecular flexibility index (Phi) is 5.63. The molecule has 1 heterocycles. The zero-order valence-corrected chi connectivity index (χ0v) is 14.3. The van der Waals surface area contributed by atoms with Crippen molar-refractivity contribution in [3.8, 4) is 0 Å². The number of para-hydroxylation sites is 1. The van der Waals surface area contributed by atoms with Crippen LogP contribution in [0.4, 0.5) is 48.3 Å². The maximum Gasteiger partial charge on any atom is 0.425 e. The first-order valence-corrected chi connectivity index (χ1v) is 7.69. The fraction of sp³-hybridized carbons (Fsp3) is 0.500. The molecule has 2 aromatic rings. The highest BCUT2D eigenvalue weighted by Gasteiger charge is 2.79. The van der Waals surface area contributed by atoms with Gasteiger partial charge in [0, 0.05) is 13.1 Å². The molecule has 0 aliphatic rings. The van der Waals surface area contributed by atoms with E-state index in [1.165, 1.54) is 6.07 Å². The van der Waals surface area contributed by atoms with Crippen LogP contribution in [-0.4, -0.2) is 41.5 Å². The molecule has 29 heavy (non-hydrogen) atoms. The molecule has 0 bridgehead atoms. The molecule has 0 radical (unpaired) electrons. The van der Waals surface area contributed by atoms with Crippen LogP contribution >= 0.6 is 0 Å². The number of fused-ring (bicyclic) bond motifs is 1. The lowest BCUT2D eigenvalue weighted by molar-refractivity contribution is -0.418. The van der Waals surface area contributed by atoms with Crippen molar-refractivity contribution in [2.75, 3.05) is 6.61 Å². The Hall–Kier alpha value is -2.05. The molecular formula is C16H12F11NO. The maximum atomic E-state index is 15.2. The fourth-order valence-corrected chi connectivity index (χ4v) is 2.53. The molecule has 0 N–H and O–H groups in total. The van der Waals surface area contributed by atoms with E-state index in [1.807, 2.05) is 0 Å². The molecule has 0 amide bonds. The van der Waals surface area contributed by atoms with Gasteiger partial charge in [-0.25, -0.2) is 17.6 Å². The van der Waals surface area contributed by atoms with Crippen LogP contribution in [0.1, 0.15) is 6.92 Å². The van der Waals surface area contributed by atoms with E-state index in [9.17, 15) is 43.9 Å². The topological polar surface area (TPSA) is 14.2 Å². The minimum atomic E-state index is -6.57. The first-order valence-electron chi connectivity index (χ1n) is 7.69. The molecule has 13 heteroatoms. The molecule has 1 aromatic heterocycles. The zero-order chi connectivity index (χ0) is 22.5. The van der Waals surface area contributed by atoms with Crippen LogP contribution < -0.4 is 0 Å². The second-order valence-electron chi connectivity index (χ2n) is 6.27. The summed E-state index contributed by atoms with van der Waals surface area (Å²) in [4.78, 5) is 0. The van der Waals surface area contributed by atoms with Gasteiger partial charge in [0.15, 0.2) is 0 Å². The smallest absolute Gasteiger partial charge is 0.309 e. The first-order chi connectivity index (χ1) is 13.0. The standard InChI is InChI=1S/C16H12F11NO/c1-12(18,19)8-29-16(26,27)15(24,25)13(20,11(17)14(21,22)23)28-7-6-9-4-2-3-5-10(9)28/h2-7,11H,8H2,1H3. The van der Waals surface area contributed by atoms with Crippen LogP contribution in [0.15, 0.2) is 36.5 Å². The quantitative estimate of drug-likeness (QED) is 0.475. The highest BCUT2D eigenvalue weighted by atomic mass is 19.4. The van der Waals surface area contributed by atoms with Crippen LogP contribution in [0, 0.1) is 0 Å². The van der Waals surface area contributed by atoms with Crippen molar-refractivity contribution in [1.29, 1.82) is 0 Å². The summed E-state index contributed by atoms with van der Waals surface area (Å²) < 4.78 is 152. The highest BCUT2D eigenvalue weighted by molar-refractivity contribution is 5.80. The summed E-state index contributed by atoms with van der Waals surface area (Å²) in [6, 6.07) is 4.98. The van der Waals surface area contributed by atoms with Gasteiger partial charge in [-0.05, 0) is 17.5 Å². The first kappa shape index (κ1) is 23.2. The van der Waals surface area contributed by atoms with Crippen LogP contribution in [0.5, 0.6) is 0 Å². The number of rotatable bonds is 7. The number of alkyl halides is 11. The molecule has 0 spiro atoms. The number of aromatic nitrogens is 1. The van der Waals surface area contributed by atoms with Crippen molar-refractivity contribution in [2.24, 2.45) is 0 Å². The largest absolute Gasteiger partial charge is 0.425 e. The minimum absolute atomic E-state index is 0.0168. The predicted octanol–water partition coefficient (Wildman–Crippen LogP) is 6.06. The minimum Gasteiger partial charge on any atom is -0.309 e. The number of hydrogen-bond acceptors (Lipinski definition) is 1. The van der Waals surface area contributed by atoms with E-state index in [-0.39, 0.29) is 18.5 Å². The molecule has 2 rings (SSSR count). The number of nitrogens with zero attached hydrogens (tertiary/aromatic N) is 1. The van der Waals surface area contributed by atoms with Gasteiger partial charge in [-0.1, -0.05) is 18.2 Å². The van der Waals surface area contributed by atoms with Crippen molar-refractivity contribution >= 4 is 10.9 Å². The van der Waals surface area contributed by atoms with E-state index in [0.29, 0.717) is 0 Å². The second-order valence-corrected chi connectivity index (χ2v) is 6.27. The van der Waals surface area contributed by atoms with Gasteiger partial charge in [0.05, 0.1) is 5.52 Å². The molecule has 2 atom stereocenters. The molecule has 2 nitrogen and oxygen atoms in total. The van der Waals surface area contributed by atoms with Gasteiger partial charge in [-0.2, -0.15) is 30.7 Å². The Morgan fingerprint density at radius 3 is 1.97 bits per heavy atom. The van der Waals surface area contributed by atoms with Crippen LogP contribution in [0.25, 0.3) is 10.9 Å². The Balaban J connectivity index is 2.70. The fourth-order valence-electron chi connectivity index (χ4n) is 2.53. The number of hydrogen-bond donors (Lipinski definition) is 0. The van der Waals surface area contributed by atoms with Gasteiger partial charge in [-0.15, -0.1) is 0 Å². The molecule has 164 valence electrons. The Morgan fingerprint density at radius 1 is 0.897 bits per heavy atom. The van der Waals surface area contributed by atoms with Crippen molar-refractivity contribution < 1.29 is 53.0 Å². The summed E-state index contributed by atoms with van der Waals surface area (Å²) in [6.45, 7) is -2.40. The van der Waals surface area contributed by atoms with E-state index < -0.39 is 52.8 Å². The van der Waals surface area contributed by atoms with Gasteiger partial charge in [0.25, 0.3) is 17.9 Å². The number of halogens is 11. The van der Waals surface area contributed by atoms with Gasteiger partial charge in [0.1, 0.15) is 6.61 Å². The number of benzene rings is 1. The van der Waals surface area contributed by atoms with Gasteiger partial charge < -0.3 is 9.30 Å². The molecule has 0 saturated carbocycles. The van der Waals surface area contributed by atoms with Crippen molar-refractivity contribution in [3.05, 3.63) is 36.5 Å². The third-order valence-corrected chi connectivity index (χ3v) is 3.89. The summed E-state index contributed by atoms with van der Waals surface area (Å²) in [7, 11) is 0. The normalized spacial score (nSPS) is 17.4. The molecule has 0 saturated heterocycles. The van der Waals surface area contributed by atoms with E-state index in [0.717, 1.165) is 24.3 Å². The summed E-state index contributed by atoms with van der Waals surface area (Å²) in [5, 5.41) is -0.177. The molecule has 0 aliphatic heterocycles. The third kappa shape index (κ3) is 4.01. The SMILES string of the molecule is CC(F)(F)COC(F)(F)C(F)(F)C(F)(C(F)C(F)(F)F)n1ccc2ccccc21. The molecular weight excluding hydrogens is 431 g/mol. The summed E-state index contributed by atoms with van der Waals surface area (Å²) >= 11 is 0. The third-order valence-electron chi connectivity index (χ3n) is 3.89. The Morgan fingerprint density at radius 2 is 1.45 bits per heavy atom. The second kappa shape index (κ2) is 7.03. The van der Waals surface area contributed by atoms with Gasteiger partial charge in [0.2, 0.25) is 0 Å². The highest BCUT2D eigenvalue weighted by Crippen LogP contribution is 2.54. The van der Waals surface area contributed by atoms with E-state index in [4.69, 9.17) is 0 Å². The van der Waals surface area contributed by atoms with Gasteiger partial charge >= 0.3 is 18.2 Å². The monoisotopic (exact) mass is 443 g/mol. The summed E-state index contributed by atoms with van der Waals surface area (Å²) in [5.41, 5.74) is -0.779. The van der Waals surface area contributed by atoms with Crippen LogP contribution in [0.3, 0.4) is 0 Å². The van der Waals surface area contributed by atoms with Crippen LogP contribution in [-0.2, 0) is 10.5 Å². The summed E-state index contributed by atoms with van der Waals surface area (Å²) in [5.74, 6) is -16.5. The lowest BCUT2D eigenvalue weighted by Crippen LogP contribution is -2.65. The number of ether oxygens (including phenoxy) is 1. The van der Waals surface area contributed by atoms with Crippen molar-refractivity contribution in [1.82, 2.24) is 4.57 Å². The van der Waals surface area contributed by atoms with E-state index in [1.54, 1.807) is 0 Å². The molecule has 0 fully saturated rings. The average Bonchev–Trinajstić information content (AvgIpc) is 3.01. The molecule has 2 unspecified atom stereocenters. The van der Waals surface area contributed by atoms with Crippen LogP contribution in [0.2, 0.25) is 0 Å². The van der Waals surface area contributed by atoms with Crippen molar-refractivity contribution in [2.45, 2.75) is 43.0 Å². The molecule has 0 aliphatic carbocycles. The van der Waals surface area contributed by atoms with E-state index in [2.05, 4.69) is 4.74 Å². The van der Waals surface area contributed by atoms with Gasteiger partial charge in [-0.3, -0.25) is 0 Å². The Labute approximate surface area is 155 Å². The van der Waals surface area contributed by atoms with Crippen molar-refractivity contribution in [3.63, 3.8) is 0 Å². The lowest BCUT2D eigenvalue weighted by Gasteiger charge is -2.40.